The predicted molar refractivity (Wildman–Crippen MR) is 71.1 cm³/mol. The number of morpholine rings is 1. The van der Waals surface area contributed by atoms with Gasteiger partial charge in [0, 0.05) is 13.1 Å². The molecule has 0 aromatic rings. The molecular formula is C11H24N3O2P. The van der Waals surface area contributed by atoms with E-state index in [-0.39, 0.29) is 0 Å². The minimum Gasteiger partial charge on any atom is -0.378 e. The van der Waals surface area contributed by atoms with Gasteiger partial charge in [-0.3, -0.25) is 4.57 Å². The zero-order valence-electron chi connectivity index (χ0n) is 11.5. The normalized spacial score (nSPS) is 19.2. The van der Waals surface area contributed by atoms with Gasteiger partial charge in [-0.05, 0) is 35.1 Å². The highest BCUT2D eigenvalue weighted by atomic mass is 31.2. The van der Waals surface area contributed by atoms with E-state index in [0.29, 0.717) is 13.2 Å². The largest absolute Gasteiger partial charge is 0.378 e. The maximum atomic E-state index is 13.1. The minimum atomic E-state index is -2.64. The van der Waals surface area contributed by atoms with Crippen molar-refractivity contribution in [1.29, 1.82) is 0 Å². The Morgan fingerprint density at radius 2 is 1.65 bits per heavy atom. The van der Waals surface area contributed by atoms with Gasteiger partial charge in [-0.1, -0.05) is 6.08 Å². The van der Waals surface area contributed by atoms with Crippen LogP contribution in [-0.2, 0) is 9.30 Å². The molecule has 0 unspecified atom stereocenters. The van der Waals surface area contributed by atoms with Crippen molar-refractivity contribution in [3.05, 3.63) is 11.5 Å². The zero-order valence-corrected chi connectivity index (χ0v) is 12.4. The Balaban J connectivity index is 3.02. The van der Waals surface area contributed by atoms with Crippen molar-refractivity contribution in [3.8, 4) is 0 Å². The molecule has 5 nitrogen and oxygen atoms in total. The van der Waals surface area contributed by atoms with Crippen molar-refractivity contribution in [2.75, 3.05) is 54.5 Å². The molecule has 0 amide bonds. The fourth-order valence-corrected chi connectivity index (χ4v) is 4.54. The van der Waals surface area contributed by atoms with Crippen LogP contribution in [0.3, 0.4) is 0 Å². The van der Waals surface area contributed by atoms with E-state index in [1.165, 1.54) is 0 Å². The van der Waals surface area contributed by atoms with E-state index in [0.717, 1.165) is 18.5 Å². The number of rotatable bonds is 4. The van der Waals surface area contributed by atoms with E-state index in [2.05, 4.69) is 4.90 Å². The van der Waals surface area contributed by atoms with Gasteiger partial charge in [0.2, 0.25) is 0 Å². The van der Waals surface area contributed by atoms with E-state index in [4.69, 9.17) is 4.74 Å². The van der Waals surface area contributed by atoms with E-state index >= 15 is 0 Å². The van der Waals surface area contributed by atoms with Gasteiger partial charge in [-0.2, -0.15) is 0 Å². The standard InChI is InChI=1S/C11H24N3O2P/c1-6-11(14-7-9-16-10-8-14)17(15,12(2)3)13(4)5/h6H,7-10H2,1-5H3. The Morgan fingerprint density at radius 1 is 1.18 bits per heavy atom. The highest BCUT2D eigenvalue weighted by Crippen LogP contribution is 2.58. The van der Waals surface area contributed by atoms with Crippen LogP contribution in [0, 0.1) is 0 Å². The van der Waals surface area contributed by atoms with Gasteiger partial charge in [-0.25, -0.2) is 9.34 Å². The topological polar surface area (TPSA) is 36.0 Å². The van der Waals surface area contributed by atoms with Crippen LogP contribution >= 0.6 is 7.44 Å². The van der Waals surface area contributed by atoms with E-state index in [9.17, 15) is 4.57 Å². The first-order valence-corrected chi connectivity index (χ1v) is 7.51. The molecule has 1 heterocycles. The number of ether oxygens (including phenoxy) is 1. The van der Waals surface area contributed by atoms with Crippen LogP contribution in [0.1, 0.15) is 6.92 Å². The molecule has 0 radical (unpaired) electrons. The maximum absolute atomic E-state index is 13.1. The summed E-state index contributed by atoms with van der Waals surface area (Å²) < 4.78 is 22.1. The summed E-state index contributed by atoms with van der Waals surface area (Å²) in [7, 11) is 4.82. The van der Waals surface area contributed by atoms with Crippen LogP contribution in [0.2, 0.25) is 0 Å². The summed E-state index contributed by atoms with van der Waals surface area (Å²) in [5.41, 5.74) is 0.913. The molecule has 1 aliphatic rings. The molecule has 1 aliphatic heterocycles. The molecule has 0 aromatic heterocycles. The third-order valence-electron chi connectivity index (χ3n) is 2.98. The summed E-state index contributed by atoms with van der Waals surface area (Å²) in [6.45, 7) is 4.98. The van der Waals surface area contributed by atoms with Gasteiger partial charge in [0.05, 0.1) is 18.7 Å². The fraction of sp³-hybridized carbons (Fsp3) is 0.818. The second-order valence-electron chi connectivity index (χ2n) is 4.48. The van der Waals surface area contributed by atoms with Crippen molar-refractivity contribution in [2.24, 2.45) is 0 Å². The van der Waals surface area contributed by atoms with Gasteiger partial charge in [0.15, 0.2) is 0 Å². The summed E-state index contributed by atoms with van der Waals surface area (Å²) in [6.07, 6.45) is 1.96. The summed E-state index contributed by atoms with van der Waals surface area (Å²) in [5, 5.41) is 0. The van der Waals surface area contributed by atoms with Gasteiger partial charge in [-0.15, -0.1) is 0 Å². The molecule has 0 atom stereocenters. The average molecular weight is 261 g/mol. The Morgan fingerprint density at radius 3 is 2.00 bits per heavy atom. The molecule has 100 valence electrons. The lowest BCUT2D eigenvalue weighted by molar-refractivity contribution is 0.0562. The molecule has 1 saturated heterocycles. The molecule has 6 heteroatoms. The van der Waals surface area contributed by atoms with Gasteiger partial charge in [0.25, 0.3) is 7.44 Å². The lowest BCUT2D eigenvalue weighted by atomic mass is 10.4. The lowest BCUT2D eigenvalue weighted by Gasteiger charge is -2.39. The van der Waals surface area contributed by atoms with Crippen molar-refractivity contribution >= 4 is 7.44 Å². The Kier molecular flexibility index (Phi) is 5.20. The Bertz CT molecular complexity index is 311. The second kappa shape index (κ2) is 6.01. The predicted octanol–water partition coefficient (Wildman–Crippen LogP) is 1.50. The van der Waals surface area contributed by atoms with Crippen LogP contribution in [0.4, 0.5) is 0 Å². The zero-order chi connectivity index (χ0) is 13.1. The van der Waals surface area contributed by atoms with Gasteiger partial charge >= 0.3 is 0 Å². The number of allylic oxidation sites excluding steroid dienone is 1. The first-order chi connectivity index (χ1) is 7.94. The second-order valence-corrected chi connectivity index (χ2v) is 7.63. The smallest absolute Gasteiger partial charge is 0.260 e. The van der Waals surface area contributed by atoms with Crippen LogP contribution in [0.25, 0.3) is 0 Å². The molecule has 1 fully saturated rings. The van der Waals surface area contributed by atoms with E-state index in [1.807, 2.05) is 50.5 Å². The number of hydrogen-bond acceptors (Lipinski definition) is 3. The van der Waals surface area contributed by atoms with E-state index < -0.39 is 7.44 Å². The SMILES string of the molecule is CC=C(N1CCOCC1)P(=O)(N(C)C)N(C)C. The van der Waals surface area contributed by atoms with Crippen molar-refractivity contribution in [2.45, 2.75) is 6.92 Å². The first-order valence-electron chi connectivity index (χ1n) is 5.89. The van der Waals surface area contributed by atoms with Crippen LogP contribution in [-0.4, -0.2) is 68.7 Å². The molecule has 1 rings (SSSR count). The van der Waals surface area contributed by atoms with Gasteiger partial charge in [0.1, 0.15) is 0 Å². The highest BCUT2D eigenvalue weighted by Gasteiger charge is 2.36. The molecule has 0 aliphatic carbocycles. The highest BCUT2D eigenvalue weighted by molar-refractivity contribution is 7.63. The summed E-state index contributed by atoms with van der Waals surface area (Å²) >= 11 is 0. The fourth-order valence-electron chi connectivity index (χ4n) is 2.10. The molecule has 17 heavy (non-hydrogen) atoms. The van der Waals surface area contributed by atoms with Crippen LogP contribution in [0.15, 0.2) is 11.5 Å². The van der Waals surface area contributed by atoms with Crippen molar-refractivity contribution < 1.29 is 9.30 Å². The minimum absolute atomic E-state index is 0.707. The maximum Gasteiger partial charge on any atom is 0.260 e. The van der Waals surface area contributed by atoms with Crippen molar-refractivity contribution in [1.82, 2.24) is 14.2 Å². The number of hydrogen-bond donors (Lipinski definition) is 0. The third kappa shape index (κ3) is 2.91. The quantitative estimate of drug-likeness (QED) is 0.717. The molecule has 0 aromatic carbocycles. The molecule has 0 spiro atoms. The Labute approximate surface area is 104 Å². The monoisotopic (exact) mass is 261 g/mol. The Hall–Kier alpha value is -0.350. The van der Waals surface area contributed by atoms with E-state index in [1.54, 1.807) is 0 Å². The van der Waals surface area contributed by atoms with Crippen LogP contribution < -0.4 is 0 Å². The summed E-state index contributed by atoms with van der Waals surface area (Å²) in [4.78, 5) is 2.17. The lowest BCUT2D eigenvalue weighted by Crippen LogP contribution is -2.38. The first kappa shape index (κ1) is 14.7. The third-order valence-corrected chi connectivity index (χ3v) is 6.28. The van der Waals surface area contributed by atoms with Gasteiger partial charge < -0.3 is 9.64 Å². The van der Waals surface area contributed by atoms with Crippen molar-refractivity contribution in [3.63, 3.8) is 0 Å². The molecule has 0 saturated carbocycles. The molecular weight excluding hydrogens is 237 g/mol. The summed E-state index contributed by atoms with van der Waals surface area (Å²) in [6, 6.07) is 0. The summed E-state index contributed by atoms with van der Waals surface area (Å²) in [5.74, 6) is 0. The average Bonchev–Trinajstić information content (AvgIpc) is 2.30. The molecule has 0 N–H and O–H groups in total. The molecule has 0 bridgehead atoms. The number of nitrogens with zero attached hydrogens (tertiary/aromatic N) is 3. The van der Waals surface area contributed by atoms with Crippen LogP contribution in [0.5, 0.6) is 0 Å².